The van der Waals surface area contributed by atoms with Crippen molar-refractivity contribution in [1.82, 2.24) is 5.32 Å². The van der Waals surface area contributed by atoms with Crippen LogP contribution in [-0.4, -0.2) is 17.6 Å². The van der Waals surface area contributed by atoms with E-state index in [1.807, 2.05) is 6.92 Å². The van der Waals surface area contributed by atoms with E-state index >= 15 is 0 Å². The molecule has 0 spiro atoms. The van der Waals surface area contributed by atoms with Crippen LogP contribution in [-0.2, 0) is 4.79 Å². The third-order valence-corrected chi connectivity index (χ3v) is 0.851. The van der Waals surface area contributed by atoms with Crippen LogP contribution in [0.3, 0.4) is 0 Å². The van der Waals surface area contributed by atoms with E-state index in [1.54, 1.807) is 6.54 Å². The summed E-state index contributed by atoms with van der Waals surface area (Å²) in [7, 11) is 0. The molecule has 9 heavy (non-hydrogen) atoms. The molecule has 0 aromatic heterocycles. The third kappa shape index (κ3) is 7.43. The van der Waals surface area contributed by atoms with Crippen LogP contribution < -0.4 is 5.32 Å². The molecule has 0 aliphatic carbocycles. The van der Waals surface area contributed by atoms with Crippen LogP contribution in [0.15, 0.2) is 0 Å². The average molecular weight is 130 g/mol. The predicted octanol–water partition coefficient (Wildman–Crippen LogP) is 0.622. The van der Waals surface area contributed by atoms with E-state index in [-0.39, 0.29) is 6.42 Å². The lowest BCUT2D eigenvalue weighted by atomic mass is 10.3. The monoisotopic (exact) mass is 130 g/mol. The summed E-state index contributed by atoms with van der Waals surface area (Å²) in [5.41, 5.74) is 0. The number of carboxylic acid groups (broad SMARTS) is 1. The van der Waals surface area contributed by atoms with E-state index in [0.29, 0.717) is 6.42 Å². The van der Waals surface area contributed by atoms with Gasteiger partial charge in [0.2, 0.25) is 0 Å². The summed E-state index contributed by atoms with van der Waals surface area (Å²) in [6, 6.07) is 0. The second-order valence-corrected chi connectivity index (χ2v) is 1.69. The fraction of sp³-hybridized carbons (Fsp3) is 0.667. The van der Waals surface area contributed by atoms with Gasteiger partial charge in [0.05, 0.1) is 0 Å². The lowest BCUT2D eigenvalue weighted by Crippen LogP contribution is -2.09. The SMILES string of the molecule is CCN[CH]CCC(=O)O. The van der Waals surface area contributed by atoms with Crippen LogP contribution in [0, 0.1) is 6.54 Å². The fourth-order valence-corrected chi connectivity index (χ4v) is 0.442. The Labute approximate surface area is 55.1 Å². The summed E-state index contributed by atoms with van der Waals surface area (Å²) in [5.74, 6) is -0.746. The summed E-state index contributed by atoms with van der Waals surface area (Å²) in [6.45, 7) is 4.60. The highest BCUT2D eigenvalue weighted by Crippen LogP contribution is 1.88. The number of carbonyl (C=O) groups is 1. The Balaban J connectivity index is 2.83. The van der Waals surface area contributed by atoms with Crippen molar-refractivity contribution in [1.29, 1.82) is 0 Å². The summed E-state index contributed by atoms with van der Waals surface area (Å²) in [6.07, 6.45) is 0.816. The summed E-state index contributed by atoms with van der Waals surface area (Å²) >= 11 is 0. The molecule has 3 heteroatoms. The van der Waals surface area contributed by atoms with Crippen molar-refractivity contribution >= 4 is 5.97 Å². The molecule has 0 saturated heterocycles. The Morgan fingerprint density at radius 2 is 2.44 bits per heavy atom. The van der Waals surface area contributed by atoms with Gasteiger partial charge in [0.1, 0.15) is 0 Å². The first kappa shape index (κ1) is 8.43. The Hall–Kier alpha value is -0.570. The van der Waals surface area contributed by atoms with Gasteiger partial charge in [-0.15, -0.1) is 0 Å². The molecule has 53 valence electrons. The Bertz CT molecular complexity index is 83.1. The molecule has 0 saturated carbocycles. The second kappa shape index (κ2) is 5.56. The minimum atomic E-state index is -0.746. The molecule has 0 amide bonds. The zero-order valence-electron chi connectivity index (χ0n) is 5.55. The normalized spacial score (nSPS) is 9.44. The molecular formula is C6H12NO2. The maximum absolute atomic E-state index is 9.91. The second-order valence-electron chi connectivity index (χ2n) is 1.69. The molecule has 1 radical (unpaired) electrons. The molecular weight excluding hydrogens is 118 g/mol. The van der Waals surface area contributed by atoms with Crippen LogP contribution in [0.2, 0.25) is 0 Å². The van der Waals surface area contributed by atoms with Crippen LogP contribution in [0.1, 0.15) is 19.8 Å². The lowest BCUT2D eigenvalue weighted by molar-refractivity contribution is -0.137. The van der Waals surface area contributed by atoms with Crippen molar-refractivity contribution in [3.63, 3.8) is 0 Å². The van der Waals surface area contributed by atoms with Crippen LogP contribution >= 0.6 is 0 Å². The highest BCUT2D eigenvalue weighted by atomic mass is 16.4. The summed E-state index contributed by atoms with van der Waals surface area (Å²) in [5, 5.41) is 11.1. The van der Waals surface area contributed by atoms with Crippen molar-refractivity contribution in [2.75, 3.05) is 6.54 Å². The molecule has 0 bridgehead atoms. The quantitative estimate of drug-likeness (QED) is 0.536. The zero-order valence-corrected chi connectivity index (χ0v) is 5.55. The van der Waals surface area contributed by atoms with Crippen LogP contribution in [0.5, 0.6) is 0 Å². The standard InChI is InChI=1S/C6H12NO2/c1-2-7-5-3-4-6(8)9/h5,7H,2-4H2,1H3,(H,8,9). The first-order valence-electron chi connectivity index (χ1n) is 3.04. The van der Waals surface area contributed by atoms with Crippen molar-refractivity contribution < 1.29 is 9.90 Å². The molecule has 0 aliphatic rings. The van der Waals surface area contributed by atoms with E-state index in [2.05, 4.69) is 5.32 Å². The predicted molar refractivity (Wildman–Crippen MR) is 34.8 cm³/mol. The molecule has 0 fully saturated rings. The average Bonchev–Trinajstić information content (AvgIpc) is 1.80. The highest BCUT2D eigenvalue weighted by Gasteiger charge is 1.93. The Morgan fingerprint density at radius 3 is 2.89 bits per heavy atom. The van der Waals surface area contributed by atoms with Gasteiger partial charge in [0.25, 0.3) is 0 Å². The third-order valence-electron chi connectivity index (χ3n) is 0.851. The van der Waals surface area contributed by atoms with Gasteiger partial charge in [-0.2, -0.15) is 0 Å². The van der Waals surface area contributed by atoms with Gasteiger partial charge in [0.15, 0.2) is 0 Å². The highest BCUT2D eigenvalue weighted by molar-refractivity contribution is 5.66. The van der Waals surface area contributed by atoms with Gasteiger partial charge < -0.3 is 10.4 Å². The maximum atomic E-state index is 9.91. The van der Waals surface area contributed by atoms with Crippen molar-refractivity contribution in [2.45, 2.75) is 19.8 Å². The van der Waals surface area contributed by atoms with E-state index < -0.39 is 5.97 Å². The number of rotatable bonds is 5. The van der Waals surface area contributed by atoms with Gasteiger partial charge in [-0.05, 0) is 13.0 Å². The Kier molecular flexibility index (Phi) is 5.21. The van der Waals surface area contributed by atoms with Gasteiger partial charge in [-0.3, -0.25) is 4.79 Å². The topological polar surface area (TPSA) is 49.3 Å². The molecule has 0 aliphatic heterocycles. The van der Waals surface area contributed by atoms with Gasteiger partial charge in [-0.1, -0.05) is 6.92 Å². The molecule has 0 unspecified atom stereocenters. The number of hydrogen-bond acceptors (Lipinski definition) is 2. The number of hydrogen-bond donors (Lipinski definition) is 2. The van der Waals surface area contributed by atoms with E-state index in [1.165, 1.54) is 0 Å². The van der Waals surface area contributed by atoms with Crippen LogP contribution in [0.25, 0.3) is 0 Å². The largest absolute Gasteiger partial charge is 0.481 e. The van der Waals surface area contributed by atoms with Gasteiger partial charge >= 0.3 is 5.97 Å². The van der Waals surface area contributed by atoms with E-state index in [9.17, 15) is 4.79 Å². The van der Waals surface area contributed by atoms with Crippen LogP contribution in [0.4, 0.5) is 0 Å². The van der Waals surface area contributed by atoms with Crippen molar-refractivity contribution in [3.05, 3.63) is 6.54 Å². The smallest absolute Gasteiger partial charge is 0.303 e. The number of aliphatic carboxylic acids is 1. The fourth-order valence-electron chi connectivity index (χ4n) is 0.442. The van der Waals surface area contributed by atoms with Gasteiger partial charge in [0, 0.05) is 13.0 Å². The summed E-state index contributed by atoms with van der Waals surface area (Å²) < 4.78 is 0. The molecule has 2 N–H and O–H groups in total. The minimum Gasteiger partial charge on any atom is -0.481 e. The Morgan fingerprint density at radius 1 is 1.78 bits per heavy atom. The molecule has 0 aromatic carbocycles. The lowest BCUT2D eigenvalue weighted by Gasteiger charge is -1.95. The van der Waals surface area contributed by atoms with E-state index in [0.717, 1.165) is 6.54 Å². The molecule has 0 heterocycles. The first-order valence-corrected chi connectivity index (χ1v) is 3.04. The first-order chi connectivity index (χ1) is 4.27. The molecule has 3 nitrogen and oxygen atoms in total. The number of nitrogens with one attached hydrogen (secondary N) is 1. The molecule has 0 rings (SSSR count). The maximum Gasteiger partial charge on any atom is 0.303 e. The van der Waals surface area contributed by atoms with Crippen molar-refractivity contribution in [2.24, 2.45) is 0 Å². The molecule has 0 atom stereocenters. The van der Waals surface area contributed by atoms with Crippen molar-refractivity contribution in [3.8, 4) is 0 Å². The summed E-state index contributed by atoms with van der Waals surface area (Å²) in [4.78, 5) is 9.91. The van der Waals surface area contributed by atoms with Gasteiger partial charge in [-0.25, -0.2) is 0 Å². The molecule has 0 aromatic rings. The number of carboxylic acids is 1. The zero-order chi connectivity index (χ0) is 7.11. The minimum absolute atomic E-state index is 0.215. The van der Waals surface area contributed by atoms with E-state index in [4.69, 9.17) is 5.11 Å².